The Kier molecular flexibility index (Phi) is 6.88. The molecule has 0 amide bonds. The third kappa shape index (κ3) is 5.25. The maximum absolute atomic E-state index is 11.0. The number of ether oxygens (including phenoxy) is 1. The minimum Gasteiger partial charge on any atom is -0.481 e. The molecule has 164 valence electrons. The molecule has 0 saturated heterocycles. The van der Waals surface area contributed by atoms with Crippen molar-refractivity contribution in [1.82, 2.24) is 14.6 Å². The Morgan fingerprint density at radius 2 is 2.13 bits per heavy atom. The highest BCUT2D eigenvalue weighted by atomic mass is 35.5. The lowest BCUT2D eigenvalue weighted by Crippen LogP contribution is -2.11. The van der Waals surface area contributed by atoms with Crippen molar-refractivity contribution >= 4 is 23.1 Å². The van der Waals surface area contributed by atoms with Crippen molar-refractivity contribution in [3.8, 4) is 11.1 Å². The van der Waals surface area contributed by atoms with Crippen molar-refractivity contribution in [3.05, 3.63) is 52.6 Å². The van der Waals surface area contributed by atoms with Gasteiger partial charge in [-0.15, -0.1) is 0 Å². The first kappa shape index (κ1) is 21.8. The lowest BCUT2D eigenvalue weighted by molar-refractivity contribution is -0.137. The molecule has 7 heteroatoms. The predicted molar refractivity (Wildman–Crippen MR) is 120 cm³/mol. The minimum atomic E-state index is -0.764. The van der Waals surface area contributed by atoms with Crippen molar-refractivity contribution in [2.24, 2.45) is 5.92 Å². The highest BCUT2D eigenvalue weighted by Crippen LogP contribution is 2.34. The number of nitrogens with zero attached hydrogens (tertiary/aromatic N) is 3. The highest BCUT2D eigenvalue weighted by molar-refractivity contribution is 6.30. The largest absolute Gasteiger partial charge is 0.481 e. The van der Waals surface area contributed by atoms with Crippen LogP contribution >= 0.6 is 11.6 Å². The average molecular weight is 442 g/mol. The summed E-state index contributed by atoms with van der Waals surface area (Å²) >= 11 is 6.28. The van der Waals surface area contributed by atoms with E-state index in [1.807, 2.05) is 16.8 Å². The summed E-state index contributed by atoms with van der Waals surface area (Å²) in [7, 11) is 0. The number of carbonyl (C=O) groups is 1. The number of aliphatic carboxylic acids is 1. The normalized spacial score (nSPS) is 13.7. The van der Waals surface area contributed by atoms with Gasteiger partial charge < -0.3 is 9.84 Å². The van der Waals surface area contributed by atoms with Crippen LogP contribution in [0.2, 0.25) is 5.02 Å². The molecule has 3 heterocycles. The molecule has 1 aliphatic rings. The van der Waals surface area contributed by atoms with E-state index in [0.717, 1.165) is 59.5 Å². The van der Waals surface area contributed by atoms with E-state index in [2.05, 4.69) is 24.0 Å². The molecular formula is C24H28ClN3O3. The number of unbranched alkanes of at least 4 members (excludes halogenated alkanes) is 1. The van der Waals surface area contributed by atoms with Gasteiger partial charge in [0.2, 0.25) is 0 Å². The van der Waals surface area contributed by atoms with E-state index in [1.165, 1.54) is 12.8 Å². The number of carboxylic acid groups (broad SMARTS) is 1. The molecule has 0 aliphatic heterocycles. The molecule has 0 unspecified atom stereocenters. The third-order valence-corrected chi connectivity index (χ3v) is 5.98. The fourth-order valence-corrected chi connectivity index (χ4v) is 4.14. The molecule has 3 aromatic rings. The lowest BCUT2D eigenvalue weighted by Gasteiger charge is -2.18. The van der Waals surface area contributed by atoms with E-state index in [1.54, 1.807) is 6.20 Å². The van der Waals surface area contributed by atoms with Crippen LogP contribution < -0.4 is 0 Å². The van der Waals surface area contributed by atoms with Gasteiger partial charge in [0.15, 0.2) is 0 Å². The van der Waals surface area contributed by atoms with Crippen molar-refractivity contribution in [2.45, 2.75) is 58.5 Å². The molecule has 6 nitrogen and oxygen atoms in total. The van der Waals surface area contributed by atoms with Gasteiger partial charge in [-0.05, 0) is 68.2 Å². The van der Waals surface area contributed by atoms with Crippen LogP contribution in [-0.2, 0) is 29.0 Å². The summed E-state index contributed by atoms with van der Waals surface area (Å²) in [6, 6.07) is 6.13. The van der Waals surface area contributed by atoms with Gasteiger partial charge in [-0.25, -0.2) is 4.52 Å². The molecule has 1 aliphatic carbocycles. The van der Waals surface area contributed by atoms with E-state index < -0.39 is 5.97 Å². The Balaban J connectivity index is 1.78. The second kappa shape index (κ2) is 9.79. The van der Waals surface area contributed by atoms with Crippen LogP contribution in [0.3, 0.4) is 0 Å². The summed E-state index contributed by atoms with van der Waals surface area (Å²) in [6.45, 7) is 3.33. The summed E-state index contributed by atoms with van der Waals surface area (Å²) in [5, 5.41) is 14.6. The molecule has 0 bridgehead atoms. The van der Waals surface area contributed by atoms with Gasteiger partial charge in [0.05, 0.1) is 22.8 Å². The zero-order chi connectivity index (χ0) is 21.8. The van der Waals surface area contributed by atoms with Crippen molar-refractivity contribution in [2.75, 3.05) is 6.61 Å². The number of aryl methyl sites for hydroxylation is 1. The van der Waals surface area contributed by atoms with Crippen LogP contribution in [-0.4, -0.2) is 32.3 Å². The number of rotatable bonds is 11. The van der Waals surface area contributed by atoms with Crippen LogP contribution in [0.4, 0.5) is 0 Å². The number of pyridine rings is 1. The van der Waals surface area contributed by atoms with Crippen LogP contribution in [0.1, 0.15) is 56.0 Å². The predicted octanol–water partition coefficient (Wildman–Crippen LogP) is 5.34. The van der Waals surface area contributed by atoms with E-state index in [-0.39, 0.29) is 6.42 Å². The standard InChI is InChI=1S/C24H28ClN3O3/c1-2-19-9-10-22-24(17-11-18(25)13-26-12-17)20(5-3-4-6-23(29)30)21(27-28(19)22)15-31-14-16-7-8-16/h9-13,16H,2-8,14-15H2,1H3,(H,29,30). The van der Waals surface area contributed by atoms with Gasteiger partial charge in [0.25, 0.3) is 0 Å². The van der Waals surface area contributed by atoms with Gasteiger partial charge in [-0.3, -0.25) is 9.78 Å². The molecule has 31 heavy (non-hydrogen) atoms. The molecule has 3 aromatic heterocycles. The fraction of sp³-hybridized carbons (Fsp3) is 0.458. The first-order valence-electron chi connectivity index (χ1n) is 11.0. The Morgan fingerprint density at radius 3 is 2.84 bits per heavy atom. The number of halogens is 1. The van der Waals surface area contributed by atoms with Crippen molar-refractivity contribution in [1.29, 1.82) is 0 Å². The first-order valence-corrected chi connectivity index (χ1v) is 11.4. The maximum Gasteiger partial charge on any atom is 0.303 e. The Hall–Kier alpha value is -2.44. The van der Waals surface area contributed by atoms with Crippen LogP contribution in [0.5, 0.6) is 0 Å². The van der Waals surface area contributed by atoms with Crippen molar-refractivity contribution < 1.29 is 14.6 Å². The summed E-state index contributed by atoms with van der Waals surface area (Å²) < 4.78 is 8.04. The third-order valence-electron chi connectivity index (χ3n) is 5.77. The van der Waals surface area contributed by atoms with E-state index in [0.29, 0.717) is 24.0 Å². The fourth-order valence-electron chi connectivity index (χ4n) is 3.97. The van der Waals surface area contributed by atoms with E-state index in [4.69, 9.17) is 26.5 Å². The maximum atomic E-state index is 11.0. The lowest BCUT2D eigenvalue weighted by atomic mass is 9.95. The molecule has 0 spiro atoms. The van der Waals surface area contributed by atoms with Gasteiger partial charge >= 0.3 is 5.97 Å². The number of carboxylic acids is 1. The Morgan fingerprint density at radius 1 is 1.29 bits per heavy atom. The average Bonchev–Trinajstić information content (AvgIpc) is 3.48. The summed E-state index contributed by atoms with van der Waals surface area (Å²) in [5.41, 5.74) is 6.15. The topological polar surface area (TPSA) is 76.7 Å². The van der Waals surface area contributed by atoms with Crippen LogP contribution in [0, 0.1) is 5.92 Å². The molecule has 1 fully saturated rings. The van der Waals surface area contributed by atoms with Gasteiger partial charge in [0, 0.05) is 42.2 Å². The molecule has 0 aromatic carbocycles. The number of hydrogen-bond donors (Lipinski definition) is 1. The quantitative estimate of drug-likeness (QED) is 0.406. The van der Waals surface area contributed by atoms with Gasteiger partial charge in [-0.1, -0.05) is 18.5 Å². The molecule has 0 radical (unpaired) electrons. The number of hydrogen-bond acceptors (Lipinski definition) is 4. The smallest absolute Gasteiger partial charge is 0.303 e. The van der Waals surface area contributed by atoms with Crippen molar-refractivity contribution in [3.63, 3.8) is 0 Å². The van der Waals surface area contributed by atoms with Gasteiger partial charge in [0.1, 0.15) is 0 Å². The van der Waals surface area contributed by atoms with Crippen LogP contribution in [0.15, 0.2) is 30.6 Å². The van der Waals surface area contributed by atoms with Crippen LogP contribution in [0.25, 0.3) is 16.6 Å². The molecule has 1 saturated carbocycles. The van der Waals surface area contributed by atoms with E-state index >= 15 is 0 Å². The zero-order valence-electron chi connectivity index (χ0n) is 17.8. The first-order chi connectivity index (χ1) is 15.1. The second-order valence-corrected chi connectivity index (χ2v) is 8.66. The van der Waals surface area contributed by atoms with Gasteiger partial charge in [-0.2, -0.15) is 5.10 Å². The minimum absolute atomic E-state index is 0.169. The molecule has 4 rings (SSSR count). The number of aromatic nitrogens is 3. The molecule has 1 N–H and O–H groups in total. The Bertz CT molecular complexity index is 1080. The molecular weight excluding hydrogens is 414 g/mol. The SMILES string of the molecule is CCc1ccc2c(-c3cncc(Cl)c3)c(CCCCC(=O)O)c(COCC3CC3)nn12. The van der Waals surface area contributed by atoms with E-state index in [9.17, 15) is 4.79 Å². The highest BCUT2D eigenvalue weighted by Gasteiger charge is 2.23. The summed E-state index contributed by atoms with van der Waals surface area (Å²) in [5.74, 6) is -0.0860. The summed E-state index contributed by atoms with van der Waals surface area (Å²) in [6.07, 6.45) is 9.10. The second-order valence-electron chi connectivity index (χ2n) is 8.23. The molecule has 0 atom stereocenters. The zero-order valence-corrected chi connectivity index (χ0v) is 18.6. The Labute approximate surface area is 187 Å². The number of fused-ring (bicyclic) bond motifs is 1. The monoisotopic (exact) mass is 441 g/mol. The summed E-state index contributed by atoms with van der Waals surface area (Å²) in [4.78, 5) is 15.3.